The van der Waals surface area contributed by atoms with Gasteiger partial charge in [-0.05, 0) is 26.2 Å². The summed E-state index contributed by atoms with van der Waals surface area (Å²) >= 11 is 0. The van der Waals surface area contributed by atoms with Crippen molar-refractivity contribution in [2.75, 3.05) is 26.2 Å². The summed E-state index contributed by atoms with van der Waals surface area (Å²) in [5, 5.41) is 9.42. The lowest BCUT2D eigenvalue weighted by molar-refractivity contribution is -0.122. The molecule has 0 aromatic rings. The summed E-state index contributed by atoms with van der Waals surface area (Å²) in [6.45, 7) is 7.38. The topological polar surface area (TPSA) is 65.5 Å². The van der Waals surface area contributed by atoms with Crippen molar-refractivity contribution in [1.29, 1.82) is 0 Å². The fourth-order valence-corrected chi connectivity index (χ4v) is 1.93. The number of halogens is 1. The third kappa shape index (κ3) is 10.8. The van der Waals surface area contributed by atoms with Crippen LogP contribution in [0, 0.1) is 5.92 Å². The Kier molecular flexibility index (Phi) is 12.8. The summed E-state index contributed by atoms with van der Waals surface area (Å²) in [4.78, 5) is 16.0. The molecular weight excluding hydrogens is 379 g/mol. The first-order valence-electron chi connectivity index (χ1n) is 8.07. The molecule has 0 saturated heterocycles. The predicted octanol–water partition coefficient (Wildman–Crippen LogP) is 2.27. The van der Waals surface area contributed by atoms with Crippen molar-refractivity contribution < 1.29 is 4.79 Å². The Morgan fingerprint density at radius 2 is 1.76 bits per heavy atom. The van der Waals surface area contributed by atoms with E-state index in [1.807, 2.05) is 0 Å². The molecule has 1 saturated carbocycles. The van der Waals surface area contributed by atoms with Crippen molar-refractivity contribution in [2.24, 2.45) is 10.9 Å². The first-order chi connectivity index (χ1) is 9.77. The molecule has 1 aliphatic rings. The molecule has 6 heteroatoms. The zero-order valence-corrected chi connectivity index (χ0v) is 15.7. The van der Waals surface area contributed by atoms with Gasteiger partial charge in [0.15, 0.2) is 5.96 Å². The quantitative estimate of drug-likeness (QED) is 0.224. The van der Waals surface area contributed by atoms with Crippen molar-refractivity contribution >= 4 is 35.8 Å². The number of nitrogens with one attached hydrogen (secondary N) is 3. The van der Waals surface area contributed by atoms with Gasteiger partial charge < -0.3 is 16.0 Å². The first kappa shape index (κ1) is 20.5. The van der Waals surface area contributed by atoms with Crippen LogP contribution in [0.1, 0.15) is 52.4 Å². The second-order valence-corrected chi connectivity index (χ2v) is 5.31. The molecule has 1 fully saturated rings. The lowest BCUT2D eigenvalue weighted by Gasteiger charge is -2.11. The normalized spacial score (nSPS) is 14.3. The Morgan fingerprint density at radius 1 is 1.05 bits per heavy atom. The van der Waals surface area contributed by atoms with E-state index < -0.39 is 0 Å². The highest BCUT2D eigenvalue weighted by Gasteiger charge is 2.28. The van der Waals surface area contributed by atoms with E-state index >= 15 is 0 Å². The molecule has 0 atom stereocenters. The van der Waals surface area contributed by atoms with E-state index in [1.165, 1.54) is 19.3 Å². The molecule has 1 amide bonds. The van der Waals surface area contributed by atoms with Crippen molar-refractivity contribution in [3.8, 4) is 0 Å². The van der Waals surface area contributed by atoms with Crippen LogP contribution in [0.15, 0.2) is 4.99 Å². The minimum absolute atomic E-state index is 0. The second kappa shape index (κ2) is 13.2. The number of hydrogen-bond acceptors (Lipinski definition) is 2. The molecule has 3 N–H and O–H groups in total. The number of guanidine groups is 1. The van der Waals surface area contributed by atoms with Crippen molar-refractivity contribution in [3.05, 3.63) is 0 Å². The molecule has 124 valence electrons. The summed E-state index contributed by atoms with van der Waals surface area (Å²) in [6, 6.07) is 0. The number of amides is 1. The van der Waals surface area contributed by atoms with Gasteiger partial charge in [0.05, 0.1) is 0 Å². The third-order valence-electron chi connectivity index (χ3n) is 3.29. The minimum atomic E-state index is 0. The maximum atomic E-state index is 11.5. The largest absolute Gasteiger partial charge is 0.357 e. The highest BCUT2D eigenvalue weighted by molar-refractivity contribution is 14.0. The van der Waals surface area contributed by atoms with Crippen molar-refractivity contribution in [1.82, 2.24) is 16.0 Å². The molecule has 21 heavy (non-hydrogen) atoms. The van der Waals surface area contributed by atoms with Gasteiger partial charge in [0.2, 0.25) is 5.91 Å². The molecule has 0 unspecified atom stereocenters. The molecule has 5 nitrogen and oxygen atoms in total. The van der Waals surface area contributed by atoms with Gasteiger partial charge in [-0.3, -0.25) is 9.79 Å². The molecule has 0 aromatic heterocycles. The fourth-order valence-electron chi connectivity index (χ4n) is 1.93. The van der Waals surface area contributed by atoms with Gasteiger partial charge in [-0.2, -0.15) is 0 Å². The lowest BCUT2D eigenvalue weighted by Crippen LogP contribution is -2.41. The lowest BCUT2D eigenvalue weighted by atomic mass is 10.2. The summed E-state index contributed by atoms with van der Waals surface area (Å²) in [7, 11) is 0. The predicted molar refractivity (Wildman–Crippen MR) is 99.3 cm³/mol. The summed E-state index contributed by atoms with van der Waals surface area (Å²) in [5.41, 5.74) is 0. The highest BCUT2D eigenvalue weighted by atomic mass is 127. The van der Waals surface area contributed by atoms with Crippen LogP contribution in [0.2, 0.25) is 0 Å². The average Bonchev–Trinajstić information content (AvgIpc) is 3.27. The Labute approximate surface area is 146 Å². The Hall–Kier alpha value is -0.530. The van der Waals surface area contributed by atoms with E-state index in [0.717, 1.165) is 44.9 Å². The molecule has 0 aliphatic heterocycles. The average molecular weight is 410 g/mol. The maximum Gasteiger partial charge on any atom is 0.223 e. The molecule has 0 aromatic carbocycles. The van der Waals surface area contributed by atoms with Gasteiger partial charge in [0, 0.05) is 32.1 Å². The second-order valence-electron chi connectivity index (χ2n) is 5.31. The molecule has 0 radical (unpaired) electrons. The van der Waals surface area contributed by atoms with E-state index in [9.17, 15) is 4.79 Å². The van der Waals surface area contributed by atoms with E-state index in [2.05, 4.69) is 34.8 Å². The molecule has 1 rings (SSSR count). The van der Waals surface area contributed by atoms with Crippen molar-refractivity contribution in [2.45, 2.75) is 52.4 Å². The van der Waals surface area contributed by atoms with Gasteiger partial charge in [-0.25, -0.2) is 0 Å². The van der Waals surface area contributed by atoms with Gasteiger partial charge in [-0.1, -0.05) is 26.2 Å². The number of unbranched alkanes of at least 4 members (excludes halogenated alkanes) is 3. The first-order valence-corrected chi connectivity index (χ1v) is 8.07. The Bertz CT molecular complexity index is 306. The summed E-state index contributed by atoms with van der Waals surface area (Å²) in [5.74, 6) is 1.34. The zero-order chi connectivity index (χ0) is 14.6. The minimum Gasteiger partial charge on any atom is -0.357 e. The van der Waals surface area contributed by atoms with Gasteiger partial charge in [-0.15, -0.1) is 24.0 Å². The zero-order valence-electron chi connectivity index (χ0n) is 13.4. The number of hydrogen-bond donors (Lipinski definition) is 3. The molecule has 0 bridgehead atoms. The number of aliphatic imine (C=N–C) groups is 1. The van der Waals surface area contributed by atoms with Crippen LogP contribution >= 0.6 is 24.0 Å². The highest BCUT2D eigenvalue weighted by Crippen LogP contribution is 2.28. The van der Waals surface area contributed by atoms with E-state index in [0.29, 0.717) is 6.54 Å². The van der Waals surface area contributed by atoms with Crippen LogP contribution in [0.5, 0.6) is 0 Å². The van der Waals surface area contributed by atoms with Gasteiger partial charge >= 0.3 is 0 Å². The van der Waals surface area contributed by atoms with Crippen LogP contribution in [0.3, 0.4) is 0 Å². The van der Waals surface area contributed by atoms with E-state index in [4.69, 9.17) is 0 Å². The molecule has 1 aliphatic carbocycles. The van der Waals surface area contributed by atoms with Crippen LogP contribution < -0.4 is 16.0 Å². The number of carbonyl (C=O) groups is 1. The summed E-state index contributed by atoms with van der Waals surface area (Å²) in [6.07, 6.45) is 7.04. The number of carbonyl (C=O) groups excluding carboxylic acids is 1. The van der Waals surface area contributed by atoms with Crippen molar-refractivity contribution in [3.63, 3.8) is 0 Å². The molecule has 0 heterocycles. The van der Waals surface area contributed by atoms with E-state index in [-0.39, 0.29) is 35.8 Å². The van der Waals surface area contributed by atoms with Crippen LogP contribution in [-0.2, 0) is 4.79 Å². The number of rotatable bonds is 10. The molecular formula is C15H31IN4O. The monoisotopic (exact) mass is 410 g/mol. The SMILES string of the molecule is CCCCCCN=C(NCC)NCCNC(=O)C1CC1.I. The van der Waals surface area contributed by atoms with Gasteiger partial charge in [0.1, 0.15) is 0 Å². The maximum absolute atomic E-state index is 11.5. The Balaban J connectivity index is 0.00000400. The fraction of sp³-hybridized carbons (Fsp3) is 0.867. The van der Waals surface area contributed by atoms with Gasteiger partial charge in [0.25, 0.3) is 0 Å². The van der Waals surface area contributed by atoms with Crippen LogP contribution in [0.25, 0.3) is 0 Å². The number of nitrogens with zero attached hydrogens (tertiary/aromatic N) is 1. The summed E-state index contributed by atoms with van der Waals surface area (Å²) < 4.78 is 0. The smallest absolute Gasteiger partial charge is 0.223 e. The standard InChI is InChI=1S/C15H30N4O.HI/c1-3-5-6-7-10-18-15(16-4-2)19-12-11-17-14(20)13-8-9-13;/h13H,3-12H2,1-2H3,(H,17,20)(H2,16,18,19);1H. The Morgan fingerprint density at radius 3 is 2.38 bits per heavy atom. The third-order valence-corrected chi connectivity index (χ3v) is 3.29. The van der Waals surface area contributed by atoms with Crippen LogP contribution in [-0.4, -0.2) is 38.0 Å². The molecule has 0 spiro atoms. The van der Waals surface area contributed by atoms with E-state index in [1.54, 1.807) is 0 Å². The van der Waals surface area contributed by atoms with Crippen LogP contribution in [0.4, 0.5) is 0 Å².